The molecule has 1 unspecified atom stereocenters. The Kier molecular flexibility index (Phi) is 5.94. The summed E-state index contributed by atoms with van der Waals surface area (Å²) in [5.41, 5.74) is 0.197. The van der Waals surface area contributed by atoms with E-state index in [1.54, 1.807) is 22.6 Å². The molecule has 0 bridgehead atoms. The number of rotatable bonds is 5. The Morgan fingerprint density at radius 2 is 2.35 bits per heavy atom. The molecule has 7 heteroatoms. The van der Waals surface area contributed by atoms with Crippen LogP contribution in [-0.2, 0) is 9.47 Å². The van der Waals surface area contributed by atoms with E-state index in [-0.39, 0.29) is 27.9 Å². The Morgan fingerprint density at radius 1 is 1.50 bits per heavy atom. The third kappa shape index (κ3) is 4.01. The first-order chi connectivity index (χ1) is 9.72. The Morgan fingerprint density at radius 3 is 3.05 bits per heavy atom. The van der Waals surface area contributed by atoms with Crippen LogP contribution >= 0.6 is 22.6 Å². The molecule has 0 radical (unpaired) electrons. The molecule has 108 valence electrons. The molecule has 0 amide bonds. The predicted octanol–water partition coefficient (Wildman–Crippen LogP) is 2.62. The molecule has 20 heavy (non-hydrogen) atoms. The molecule has 1 saturated heterocycles. The maximum atomic E-state index is 13.8. The smallest absolute Gasteiger partial charge is 0.251 e. The second-order valence-electron chi connectivity index (χ2n) is 4.23. The number of pyridine rings is 1. The van der Waals surface area contributed by atoms with E-state index in [4.69, 9.17) is 19.5 Å². The van der Waals surface area contributed by atoms with Crippen LogP contribution in [0.15, 0.2) is 6.20 Å². The summed E-state index contributed by atoms with van der Waals surface area (Å²) in [6, 6.07) is 1.87. The molecule has 1 aliphatic rings. The van der Waals surface area contributed by atoms with Crippen LogP contribution in [0.1, 0.15) is 24.8 Å². The van der Waals surface area contributed by atoms with Gasteiger partial charge in [-0.05, 0) is 41.9 Å². The van der Waals surface area contributed by atoms with Gasteiger partial charge in [-0.3, -0.25) is 0 Å². The lowest BCUT2D eigenvalue weighted by Gasteiger charge is -2.22. The van der Waals surface area contributed by atoms with Gasteiger partial charge < -0.3 is 14.2 Å². The molecule has 1 aromatic rings. The SMILES string of the molecule is N#Cc1cnc(OCCOC2CCCCO2)c(F)c1I. The number of aromatic nitrogens is 1. The highest BCUT2D eigenvalue weighted by molar-refractivity contribution is 14.1. The minimum atomic E-state index is -0.612. The van der Waals surface area contributed by atoms with Gasteiger partial charge in [0.1, 0.15) is 12.7 Å². The summed E-state index contributed by atoms with van der Waals surface area (Å²) in [6.45, 7) is 1.21. The average molecular weight is 392 g/mol. The van der Waals surface area contributed by atoms with Crippen molar-refractivity contribution in [1.29, 1.82) is 5.26 Å². The fraction of sp³-hybridized carbons (Fsp3) is 0.538. The second kappa shape index (κ2) is 7.71. The molecule has 1 fully saturated rings. The quantitative estimate of drug-likeness (QED) is 0.570. The van der Waals surface area contributed by atoms with Crippen LogP contribution in [0, 0.1) is 20.7 Å². The maximum Gasteiger partial charge on any atom is 0.251 e. The number of ether oxygens (including phenoxy) is 3. The van der Waals surface area contributed by atoms with Crippen molar-refractivity contribution in [3.8, 4) is 11.9 Å². The van der Waals surface area contributed by atoms with Gasteiger partial charge in [-0.2, -0.15) is 9.65 Å². The Labute approximate surface area is 130 Å². The molecule has 0 aliphatic carbocycles. The van der Waals surface area contributed by atoms with Gasteiger partial charge in [-0.25, -0.2) is 4.98 Å². The molecule has 0 saturated carbocycles. The number of hydrogen-bond donors (Lipinski definition) is 0. The number of nitrogens with zero attached hydrogens (tertiary/aromatic N) is 2. The maximum absolute atomic E-state index is 13.8. The summed E-state index contributed by atoms with van der Waals surface area (Å²) in [4.78, 5) is 3.78. The first kappa shape index (κ1) is 15.4. The number of halogens is 2. The van der Waals surface area contributed by atoms with E-state index in [0.717, 1.165) is 25.9 Å². The minimum absolute atomic E-state index is 0.110. The first-order valence-electron chi connectivity index (χ1n) is 6.32. The van der Waals surface area contributed by atoms with Crippen molar-refractivity contribution in [2.75, 3.05) is 19.8 Å². The summed E-state index contributed by atoms with van der Waals surface area (Å²) < 4.78 is 30.1. The van der Waals surface area contributed by atoms with Crippen molar-refractivity contribution in [2.24, 2.45) is 0 Å². The molecule has 5 nitrogen and oxygen atoms in total. The topological polar surface area (TPSA) is 64.4 Å². The summed E-state index contributed by atoms with van der Waals surface area (Å²) in [5, 5.41) is 8.76. The molecular formula is C13H14FIN2O3. The normalized spacial score (nSPS) is 18.6. The van der Waals surface area contributed by atoms with Crippen molar-refractivity contribution in [3.05, 3.63) is 21.1 Å². The van der Waals surface area contributed by atoms with E-state index in [9.17, 15) is 4.39 Å². The van der Waals surface area contributed by atoms with Crippen LogP contribution < -0.4 is 4.74 Å². The first-order valence-corrected chi connectivity index (χ1v) is 7.40. The van der Waals surface area contributed by atoms with Crippen molar-refractivity contribution >= 4 is 22.6 Å². The highest BCUT2D eigenvalue weighted by Gasteiger charge is 2.15. The van der Waals surface area contributed by atoms with E-state index < -0.39 is 5.82 Å². The molecule has 0 spiro atoms. The van der Waals surface area contributed by atoms with Crippen LogP contribution in [0.25, 0.3) is 0 Å². The summed E-state index contributed by atoms with van der Waals surface area (Å²) in [5.74, 6) is -0.722. The second-order valence-corrected chi connectivity index (χ2v) is 5.31. The van der Waals surface area contributed by atoms with Crippen LogP contribution in [-0.4, -0.2) is 31.1 Å². The fourth-order valence-electron chi connectivity index (χ4n) is 1.79. The van der Waals surface area contributed by atoms with E-state index in [2.05, 4.69) is 4.98 Å². The summed E-state index contributed by atoms with van der Waals surface area (Å²) >= 11 is 1.76. The van der Waals surface area contributed by atoms with Gasteiger partial charge >= 0.3 is 0 Å². The van der Waals surface area contributed by atoms with Crippen LogP contribution in [0.4, 0.5) is 4.39 Å². The van der Waals surface area contributed by atoms with E-state index in [0.29, 0.717) is 6.61 Å². The van der Waals surface area contributed by atoms with Crippen molar-refractivity contribution in [3.63, 3.8) is 0 Å². The van der Waals surface area contributed by atoms with Gasteiger partial charge in [-0.1, -0.05) is 0 Å². The van der Waals surface area contributed by atoms with Gasteiger partial charge in [0.15, 0.2) is 12.1 Å². The van der Waals surface area contributed by atoms with Gasteiger partial charge in [0.25, 0.3) is 5.88 Å². The molecule has 0 aromatic carbocycles. The average Bonchev–Trinajstić information content (AvgIpc) is 2.49. The summed E-state index contributed by atoms with van der Waals surface area (Å²) in [7, 11) is 0. The fourth-order valence-corrected chi connectivity index (χ4v) is 2.28. The third-order valence-electron chi connectivity index (χ3n) is 2.81. The predicted molar refractivity (Wildman–Crippen MR) is 76.7 cm³/mol. The molecule has 1 aromatic heterocycles. The Bertz CT molecular complexity index is 501. The van der Waals surface area contributed by atoms with E-state index in [1.807, 2.05) is 6.07 Å². The van der Waals surface area contributed by atoms with Gasteiger partial charge in [0.05, 0.1) is 15.7 Å². The molecule has 2 rings (SSSR count). The lowest BCUT2D eigenvalue weighted by Crippen LogP contribution is -2.24. The van der Waals surface area contributed by atoms with Gasteiger partial charge in [0.2, 0.25) is 0 Å². The summed E-state index contributed by atoms with van der Waals surface area (Å²) in [6.07, 6.45) is 4.14. The molecule has 1 aliphatic heterocycles. The van der Waals surface area contributed by atoms with Crippen molar-refractivity contribution < 1.29 is 18.6 Å². The van der Waals surface area contributed by atoms with Crippen LogP contribution in [0.3, 0.4) is 0 Å². The lowest BCUT2D eigenvalue weighted by molar-refractivity contribution is -0.165. The number of hydrogen-bond acceptors (Lipinski definition) is 5. The zero-order valence-corrected chi connectivity index (χ0v) is 12.9. The van der Waals surface area contributed by atoms with Crippen LogP contribution in [0.2, 0.25) is 0 Å². The lowest BCUT2D eigenvalue weighted by atomic mass is 10.2. The Hall–Kier alpha value is -0.980. The van der Waals surface area contributed by atoms with Crippen molar-refractivity contribution in [1.82, 2.24) is 4.98 Å². The van der Waals surface area contributed by atoms with Gasteiger partial charge in [-0.15, -0.1) is 0 Å². The highest BCUT2D eigenvalue weighted by atomic mass is 127. The molecule has 0 N–H and O–H groups in total. The minimum Gasteiger partial charge on any atom is -0.473 e. The zero-order valence-electron chi connectivity index (χ0n) is 10.8. The molecule has 1 atom stereocenters. The standard InChI is InChI=1S/C13H14FIN2O3/c14-11-12(15)9(7-16)8-17-13(11)20-6-5-19-10-3-1-2-4-18-10/h8,10H,1-6H2. The number of nitriles is 1. The van der Waals surface area contributed by atoms with Gasteiger partial charge in [0, 0.05) is 12.8 Å². The van der Waals surface area contributed by atoms with Crippen LogP contribution in [0.5, 0.6) is 5.88 Å². The highest BCUT2D eigenvalue weighted by Crippen LogP contribution is 2.22. The van der Waals surface area contributed by atoms with Crippen molar-refractivity contribution in [2.45, 2.75) is 25.6 Å². The largest absolute Gasteiger partial charge is 0.473 e. The molecule has 2 heterocycles. The van der Waals surface area contributed by atoms with E-state index in [1.165, 1.54) is 6.20 Å². The Balaban J connectivity index is 1.79. The molecular weight excluding hydrogens is 378 g/mol. The third-order valence-corrected chi connectivity index (χ3v) is 3.87. The zero-order chi connectivity index (χ0) is 14.4. The monoisotopic (exact) mass is 392 g/mol. The van der Waals surface area contributed by atoms with E-state index >= 15 is 0 Å².